The molecule has 3 heterocycles. The van der Waals surface area contributed by atoms with Gasteiger partial charge in [-0.1, -0.05) is 72.8 Å². The number of benzene rings is 3. The fourth-order valence-corrected chi connectivity index (χ4v) is 8.09. The van der Waals surface area contributed by atoms with Gasteiger partial charge in [0.15, 0.2) is 0 Å². The van der Waals surface area contributed by atoms with Gasteiger partial charge in [-0.2, -0.15) is 4.31 Å². The van der Waals surface area contributed by atoms with Gasteiger partial charge >= 0.3 is 0 Å². The summed E-state index contributed by atoms with van der Waals surface area (Å²) >= 11 is 1.55. The molecule has 5 aromatic rings. The SMILES string of the molecule is CN1CCN(CCCN(Cc2csc(-c3ccc(CNCc4ccccc4)cc3)n2)S(=O)(=O)c2cccc3cccnc23)CC1. The van der Waals surface area contributed by atoms with Crippen molar-refractivity contribution in [1.29, 1.82) is 0 Å². The third-order valence-electron chi connectivity index (χ3n) is 8.28. The Hall–Kier alpha value is -3.51. The zero-order valence-electron chi connectivity index (χ0n) is 25.7. The summed E-state index contributed by atoms with van der Waals surface area (Å²) in [6.07, 6.45) is 2.40. The van der Waals surface area contributed by atoms with Gasteiger partial charge in [-0.3, -0.25) is 4.98 Å². The summed E-state index contributed by atoms with van der Waals surface area (Å²) < 4.78 is 30.0. The molecule has 8 nitrogen and oxygen atoms in total. The van der Waals surface area contributed by atoms with Crippen molar-refractivity contribution in [3.63, 3.8) is 0 Å². The minimum Gasteiger partial charge on any atom is -0.309 e. The molecule has 234 valence electrons. The van der Waals surface area contributed by atoms with Crippen molar-refractivity contribution in [2.24, 2.45) is 0 Å². The second kappa shape index (κ2) is 14.7. The highest BCUT2D eigenvalue weighted by Crippen LogP contribution is 2.28. The van der Waals surface area contributed by atoms with Crippen LogP contribution in [0.5, 0.6) is 0 Å². The first-order chi connectivity index (χ1) is 22.0. The molecule has 1 N–H and O–H groups in total. The third-order valence-corrected chi connectivity index (χ3v) is 11.1. The van der Waals surface area contributed by atoms with E-state index in [1.165, 1.54) is 11.1 Å². The number of hydrogen-bond donors (Lipinski definition) is 1. The normalized spacial score (nSPS) is 14.8. The van der Waals surface area contributed by atoms with Crippen LogP contribution in [-0.4, -0.2) is 78.8 Å². The molecule has 1 aliphatic rings. The summed E-state index contributed by atoms with van der Waals surface area (Å²) in [7, 11) is -1.68. The predicted molar refractivity (Wildman–Crippen MR) is 182 cm³/mol. The second-order valence-electron chi connectivity index (χ2n) is 11.6. The maximum absolute atomic E-state index is 14.2. The molecule has 3 aromatic carbocycles. The van der Waals surface area contributed by atoms with Gasteiger partial charge in [0, 0.05) is 68.3 Å². The van der Waals surface area contributed by atoms with Crippen LogP contribution in [0.1, 0.15) is 23.2 Å². The summed E-state index contributed by atoms with van der Waals surface area (Å²) in [4.78, 5) is 14.3. The van der Waals surface area contributed by atoms with Gasteiger partial charge in [0.2, 0.25) is 10.0 Å². The van der Waals surface area contributed by atoms with Crippen LogP contribution >= 0.6 is 11.3 Å². The number of aromatic nitrogens is 2. The fraction of sp³-hybridized carbons (Fsp3) is 0.314. The van der Waals surface area contributed by atoms with Crippen molar-refractivity contribution in [2.45, 2.75) is 31.0 Å². The molecule has 0 spiro atoms. The Morgan fingerprint density at radius 3 is 2.38 bits per heavy atom. The molecule has 10 heteroatoms. The van der Waals surface area contributed by atoms with Crippen LogP contribution in [0, 0.1) is 0 Å². The number of piperazine rings is 1. The summed E-state index contributed by atoms with van der Waals surface area (Å²) in [5.74, 6) is 0. The molecule has 1 saturated heterocycles. The molecule has 0 radical (unpaired) electrons. The van der Waals surface area contributed by atoms with Gasteiger partial charge in [0.1, 0.15) is 9.90 Å². The molecule has 0 saturated carbocycles. The van der Waals surface area contributed by atoms with Crippen LogP contribution < -0.4 is 5.32 Å². The van der Waals surface area contributed by atoms with Crippen LogP contribution in [-0.2, 0) is 29.7 Å². The monoisotopic (exact) mass is 640 g/mol. The molecule has 2 aromatic heterocycles. The Labute approximate surface area is 270 Å². The van der Waals surface area contributed by atoms with E-state index in [-0.39, 0.29) is 11.4 Å². The smallest absolute Gasteiger partial charge is 0.245 e. The van der Waals surface area contributed by atoms with Gasteiger partial charge in [-0.15, -0.1) is 11.3 Å². The minimum absolute atomic E-state index is 0.215. The number of thiazole rings is 1. The highest BCUT2D eigenvalue weighted by atomic mass is 32.2. The quantitative estimate of drug-likeness (QED) is 0.183. The van der Waals surface area contributed by atoms with E-state index in [1.54, 1.807) is 34.0 Å². The number of para-hydroxylation sites is 1. The Morgan fingerprint density at radius 1 is 0.867 bits per heavy atom. The van der Waals surface area contributed by atoms with E-state index in [0.29, 0.717) is 12.1 Å². The first kappa shape index (κ1) is 31.5. The van der Waals surface area contributed by atoms with Gasteiger partial charge in [0.25, 0.3) is 0 Å². The summed E-state index contributed by atoms with van der Waals surface area (Å²) in [6, 6.07) is 27.9. The Morgan fingerprint density at radius 2 is 1.60 bits per heavy atom. The number of rotatable bonds is 13. The lowest BCUT2D eigenvalue weighted by Crippen LogP contribution is -2.45. The molecule has 45 heavy (non-hydrogen) atoms. The van der Waals surface area contributed by atoms with Crippen molar-refractivity contribution in [2.75, 3.05) is 46.3 Å². The van der Waals surface area contributed by atoms with Crippen molar-refractivity contribution in [1.82, 2.24) is 29.4 Å². The molecular weight excluding hydrogens is 601 g/mol. The van der Waals surface area contributed by atoms with E-state index < -0.39 is 10.0 Å². The Balaban J connectivity index is 1.15. The first-order valence-corrected chi connectivity index (χ1v) is 17.8. The van der Waals surface area contributed by atoms with E-state index in [0.717, 1.165) is 73.9 Å². The van der Waals surface area contributed by atoms with Crippen molar-refractivity contribution < 1.29 is 8.42 Å². The van der Waals surface area contributed by atoms with Crippen LogP contribution in [0.25, 0.3) is 21.5 Å². The Bertz CT molecular complexity index is 1780. The number of nitrogens with one attached hydrogen (secondary N) is 1. The number of nitrogens with zero attached hydrogens (tertiary/aromatic N) is 5. The van der Waals surface area contributed by atoms with Crippen LogP contribution in [0.15, 0.2) is 101 Å². The number of fused-ring (bicyclic) bond motifs is 1. The van der Waals surface area contributed by atoms with Gasteiger partial charge in [-0.05, 0) is 43.3 Å². The maximum atomic E-state index is 14.2. The van der Waals surface area contributed by atoms with Gasteiger partial charge in [0.05, 0.1) is 17.8 Å². The number of sulfonamides is 1. The van der Waals surface area contributed by atoms with E-state index in [2.05, 4.69) is 75.7 Å². The lowest BCUT2D eigenvalue weighted by molar-refractivity contribution is 0.150. The molecule has 1 aliphatic heterocycles. The molecule has 0 atom stereocenters. The van der Waals surface area contributed by atoms with E-state index in [9.17, 15) is 8.42 Å². The van der Waals surface area contributed by atoms with Crippen molar-refractivity contribution >= 4 is 32.3 Å². The zero-order valence-corrected chi connectivity index (χ0v) is 27.3. The molecule has 0 amide bonds. The highest BCUT2D eigenvalue weighted by Gasteiger charge is 2.28. The lowest BCUT2D eigenvalue weighted by atomic mass is 10.1. The van der Waals surface area contributed by atoms with Crippen LogP contribution in [0.3, 0.4) is 0 Å². The molecular formula is C35H40N6O2S2. The van der Waals surface area contributed by atoms with Crippen molar-refractivity contribution in [3.05, 3.63) is 113 Å². The van der Waals surface area contributed by atoms with E-state index in [1.807, 2.05) is 29.6 Å². The number of pyridine rings is 1. The standard InChI is InChI=1S/C35H40N6O2S2/c1-39-20-22-40(23-21-39)18-7-19-41(45(42,43)33-12-5-10-30-11-6-17-37-34(30)33)26-32-27-44-35(38-32)31-15-13-29(14-16-31)25-36-24-28-8-3-2-4-9-28/h2-6,8-17,27,36H,7,18-26H2,1H3. The second-order valence-corrected chi connectivity index (χ2v) is 14.4. The molecule has 0 aliphatic carbocycles. The molecule has 6 rings (SSSR count). The molecule has 0 unspecified atom stereocenters. The largest absolute Gasteiger partial charge is 0.309 e. The van der Waals surface area contributed by atoms with E-state index >= 15 is 0 Å². The summed E-state index contributed by atoms with van der Waals surface area (Å²) in [5, 5.41) is 7.17. The molecule has 1 fully saturated rings. The number of hydrogen-bond acceptors (Lipinski definition) is 8. The first-order valence-electron chi connectivity index (χ1n) is 15.5. The Kier molecular flexibility index (Phi) is 10.3. The van der Waals surface area contributed by atoms with Gasteiger partial charge < -0.3 is 15.1 Å². The fourth-order valence-electron chi connectivity index (χ4n) is 5.65. The summed E-state index contributed by atoms with van der Waals surface area (Å²) in [5.41, 5.74) is 4.74. The highest BCUT2D eigenvalue weighted by molar-refractivity contribution is 7.89. The predicted octanol–water partition coefficient (Wildman–Crippen LogP) is 5.48. The third kappa shape index (κ3) is 8.02. The van der Waals surface area contributed by atoms with Crippen molar-refractivity contribution in [3.8, 4) is 10.6 Å². The van der Waals surface area contributed by atoms with Crippen LogP contribution in [0.4, 0.5) is 0 Å². The van der Waals surface area contributed by atoms with E-state index in [4.69, 9.17) is 4.98 Å². The zero-order chi connectivity index (χ0) is 31.1. The topological polar surface area (TPSA) is 81.7 Å². The minimum atomic E-state index is -3.83. The average Bonchev–Trinajstić information content (AvgIpc) is 3.54. The average molecular weight is 641 g/mol. The molecule has 0 bridgehead atoms. The van der Waals surface area contributed by atoms with Gasteiger partial charge in [-0.25, -0.2) is 13.4 Å². The van der Waals surface area contributed by atoms with Crippen LogP contribution in [0.2, 0.25) is 0 Å². The lowest BCUT2D eigenvalue weighted by Gasteiger charge is -2.32. The number of likely N-dealkylation sites (N-methyl/N-ethyl adjacent to an activating group) is 1. The summed E-state index contributed by atoms with van der Waals surface area (Å²) in [6.45, 7) is 7.18. The maximum Gasteiger partial charge on any atom is 0.245 e.